The number of hydrogen-bond acceptors (Lipinski definition) is 5. The zero-order valence-corrected chi connectivity index (χ0v) is 17.9. The van der Waals surface area contributed by atoms with E-state index in [1.165, 1.54) is 12.5 Å². The zero-order chi connectivity index (χ0) is 22.3. The molecule has 2 aliphatic rings. The van der Waals surface area contributed by atoms with Gasteiger partial charge in [-0.15, -0.1) is 0 Å². The predicted octanol–water partition coefficient (Wildman–Crippen LogP) is 3.61. The van der Waals surface area contributed by atoms with Crippen LogP contribution in [0.2, 0.25) is 0 Å². The van der Waals surface area contributed by atoms with Crippen LogP contribution in [-0.4, -0.2) is 40.6 Å². The molecule has 1 aliphatic heterocycles. The molecular weight excluding hydrogens is 394 g/mol. The molecule has 2 amide bonds. The van der Waals surface area contributed by atoms with Gasteiger partial charge >= 0.3 is 5.97 Å². The van der Waals surface area contributed by atoms with Gasteiger partial charge in [-0.2, -0.15) is 0 Å². The number of hydrogen-bond donors (Lipinski definition) is 0. The summed E-state index contributed by atoms with van der Waals surface area (Å²) < 4.78 is 5.48. The standard InChI is InChI=1S/C25H25NO5/c1-14(2)21(26-23(28)19-9-4-5-10-20(19)24(26)29)25(30)31-15(3)22(27)18-12-11-16-7-6-8-17(16)13-18/h4-5,9-15,21H,6-8H2,1-3H3/t15-,21-/m0/s1. The molecule has 4 rings (SSSR count). The smallest absolute Gasteiger partial charge is 0.330 e. The molecule has 0 spiro atoms. The maximum absolute atomic E-state index is 13.0. The molecule has 6 heteroatoms. The number of rotatable bonds is 6. The number of imide groups is 1. The topological polar surface area (TPSA) is 80.8 Å². The highest BCUT2D eigenvalue weighted by molar-refractivity contribution is 6.22. The Bertz CT molecular complexity index is 1050. The number of carbonyl (C=O) groups excluding carboxylic acids is 4. The van der Waals surface area contributed by atoms with Crippen molar-refractivity contribution in [2.24, 2.45) is 5.92 Å². The number of Topliss-reactive ketones (excluding diaryl/α,β-unsaturated/α-hetero) is 1. The van der Waals surface area contributed by atoms with Crippen LogP contribution in [0.15, 0.2) is 42.5 Å². The van der Waals surface area contributed by atoms with Crippen LogP contribution in [0.3, 0.4) is 0 Å². The number of ether oxygens (including phenoxy) is 1. The van der Waals surface area contributed by atoms with E-state index in [0.717, 1.165) is 29.7 Å². The second-order valence-electron chi connectivity index (χ2n) is 8.50. The molecule has 0 saturated heterocycles. The van der Waals surface area contributed by atoms with E-state index in [9.17, 15) is 19.2 Å². The van der Waals surface area contributed by atoms with Gasteiger partial charge in [-0.25, -0.2) is 4.79 Å². The van der Waals surface area contributed by atoms with E-state index in [-0.39, 0.29) is 22.8 Å². The largest absolute Gasteiger partial charge is 0.453 e. The predicted molar refractivity (Wildman–Crippen MR) is 114 cm³/mol. The van der Waals surface area contributed by atoms with Gasteiger partial charge in [-0.3, -0.25) is 19.3 Å². The molecule has 2 aromatic carbocycles. The van der Waals surface area contributed by atoms with Gasteiger partial charge in [-0.1, -0.05) is 38.1 Å². The Morgan fingerprint density at radius 1 is 0.903 bits per heavy atom. The molecule has 2 atom stereocenters. The Hall–Kier alpha value is -3.28. The van der Waals surface area contributed by atoms with Crippen molar-refractivity contribution in [2.45, 2.75) is 52.2 Å². The van der Waals surface area contributed by atoms with Crippen LogP contribution in [0.1, 0.15) is 69.4 Å². The molecule has 31 heavy (non-hydrogen) atoms. The fraction of sp³-hybridized carbons (Fsp3) is 0.360. The third-order valence-corrected chi connectivity index (χ3v) is 6.02. The highest BCUT2D eigenvalue weighted by Gasteiger charge is 2.45. The maximum Gasteiger partial charge on any atom is 0.330 e. The number of ketones is 1. The lowest BCUT2D eigenvalue weighted by molar-refractivity contribution is -0.152. The molecule has 6 nitrogen and oxygen atoms in total. The molecule has 0 saturated carbocycles. The molecule has 0 radical (unpaired) electrons. The molecule has 0 unspecified atom stereocenters. The van der Waals surface area contributed by atoms with Crippen molar-refractivity contribution >= 4 is 23.6 Å². The summed E-state index contributed by atoms with van der Waals surface area (Å²) in [4.78, 5) is 52.5. The number of nitrogens with zero attached hydrogens (tertiary/aromatic N) is 1. The molecule has 2 aromatic rings. The van der Waals surface area contributed by atoms with Gasteiger partial charge in [0, 0.05) is 5.56 Å². The highest BCUT2D eigenvalue weighted by Crippen LogP contribution is 2.28. The Labute approximate surface area is 181 Å². The normalized spacial score (nSPS) is 16.8. The van der Waals surface area contributed by atoms with Gasteiger partial charge in [0.05, 0.1) is 11.1 Å². The van der Waals surface area contributed by atoms with Crippen LogP contribution >= 0.6 is 0 Å². The first-order valence-electron chi connectivity index (χ1n) is 10.6. The summed E-state index contributed by atoms with van der Waals surface area (Å²) in [5, 5.41) is 0. The van der Waals surface area contributed by atoms with E-state index in [1.54, 1.807) is 44.2 Å². The van der Waals surface area contributed by atoms with E-state index in [2.05, 4.69) is 0 Å². The van der Waals surface area contributed by atoms with E-state index in [4.69, 9.17) is 4.74 Å². The van der Waals surface area contributed by atoms with Gasteiger partial charge < -0.3 is 4.74 Å². The molecule has 1 heterocycles. The van der Waals surface area contributed by atoms with Gasteiger partial charge in [0.1, 0.15) is 6.04 Å². The second kappa shape index (κ2) is 8.10. The van der Waals surface area contributed by atoms with Crippen molar-refractivity contribution < 1.29 is 23.9 Å². The van der Waals surface area contributed by atoms with Gasteiger partial charge in [-0.05, 0) is 61.4 Å². The van der Waals surface area contributed by atoms with E-state index >= 15 is 0 Å². The minimum atomic E-state index is -1.11. The van der Waals surface area contributed by atoms with Crippen LogP contribution in [0.25, 0.3) is 0 Å². The summed E-state index contributed by atoms with van der Waals surface area (Å²) in [5.74, 6) is -2.47. The maximum atomic E-state index is 13.0. The van der Waals surface area contributed by atoms with Gasteiger partial charge in [0.2, 0.25) is 5.78 Å². The second-order valence-corrected chi connectivity index (χ2v) is 8.50. The molecule has 160 valence electrons. The average Bonchev–Trinajstić information content (AvgIpc) is 3.31. The summed E-state index contributed by atoms with van der Waals surface area (Å²) >= 11 is 0. The minimum Gasteiger partial charge on any atom is -0.453 e. The lowest BCUT2D eigenvalue weighted by Gasteiger charge is -2.28. The Kier molecular flexibility index (Phi) is 5.48. The Balaban J connectivity index is 1.52. The quantitative estimate of drug-likeness (QED) is 0.406. The first-order chi connectivity index (χ1) is 14.8. The number of esters is 1. The zero-order valence-electron chi connectivity index (χ0n) is 17.9. The monoisotopic (exact) mass is 419 g/mol. The van der Waals surface area contributed by atoms with Crippen molar-refractivity contribution in [3.63, 3.8) is 0 Å². The third kappa shape index (κ3) is 3.67. The van der Waals surface area contributed by atoms with Gasteiger partial charge in [0.25, 0.3) is 11.8 Å². The number of amides is 2. The van der Waals surface area contributed by atoms with Crippen LogP contribution in [0, 0.1) is 5.92 Å². The van der Waals surface area contributed by atoms with E-state index in [1.807, 2.05) is 12.1 Å². The van der Waals surface area contributed by atoms with Crippen LogP contribution < -0.4 is 0 Å². The fourth-order valence-corrected chi connectivity index (χ4v) is 4.39. The summed E-state index contributed by atoms with van der Waals surface area (Å²) in [5.41, 5.74) is 3.46. The average molecular weight is 419 g/mol. The summed E-state index contributed by atoms with van der Waals surface area (Å²) in [6.45, 7) is 5.00. The molecule has 0 N–H and O–H groups in total. The Morgan fingerprint density at radius 2 is 1.52 bits per heavy atom. The van der Waals surface area contributed by atoms with E-state index < -0.39 is 29.9 Å². The number of benzene rings is 2. The van der Waals surface area contributed by atoms with Crippen molar-refractivity contribution in [1.29, 1.82) is 0 Å². The van der Waals surface area contributed by atoms with Crippen molar-refractivity contribution in [1.82, 2.24) is 4.90 Å². The van der Waals surface area contributed by atoms with E-state index in [0.29, 0.717) is 5.56 Å². The minimum absolute atomic E-state index is 0.271. The number of fused-ring (bicyclic) bond motifs is 2. The summed E-state index contributed by atoms with van der Waals surface area (Å²) in [6.07, 6.45) is 2.02. The van der Waals surface area contributed by atoms with Crippen molar-refractivity contribution in [3.05, 3.63) is 70.3 Å². The lowest BCUT2D eigenvalue weighted by atomic mass is 10.0. The first kappa shape index (κ1) is 21.0. The highest BCUT2D eigenvalue weighted by atomic mass is 16.5. The summed E-state index contributed by atoms with van der Waals surface area (Å²) in [7, 11) is 0. The van der Waals surface area contributed by atoms with Crippen LogP contribution in [0.4, 0.5) is 0 Å². The van der Waals surface area contributed by atoms with Crippen LogP contribution in [-0.2, 0) is 22.4 Å². The number of carbonyl (C=O) groups is 4. The fourth-order valence-electron chi connectivity index (χ4n) is 4.39. The molecule has 0 fully saturated rings. The molecule has 0 bridgehead atoms. The molecule has 1 aliphatic carbocycles. The van der Waals surface area contributed by atoms with Crippen molar-refractivity contribution in [2.75, 3.05) is 0 Å². The summed E-state index contributed by atoms with van der Waals surface area (Å²) in [6, 6.07) is 11.0. The van der Waals surface area contributed by atoms with Crippen LogP contribution in [0.5, 0.6) is 0 Å². The number of aryl methyl sites for hydroxylation is 2. The molecular formula is C25H25NO5. The van der Waals surface area contributed by atoms with Crippen molar-refractivity contribution in [3.8, 4) is 0 Å². The first-order valence-corrected chi connectivity index (χ1v) is 10.6. The third-order valence-electron chi connectivity index (χ3n) is 6.02. The lowest BCUT2D eigenvalue weighted by Crippen LogP contribution is -2.49. The van der Waals surface area contributed by atoms with Gasteiger partial charge in [0.15, 0.2) is 6.10 Å². The Morgan fingerprint density at radius 3 is 2.13 bits per heavy atom. The molecule has 0 aromatic heterocycles. The SMILES string of the molecule is CC(C)[C@@H](C(=O)O[C@@H](C)C(=O)c1ccc2c(c1)CCC2)N1C(=O)c2ccccc2C1=O.